The number of thiazole rings is 1. The van der Waals surface area contributed by atoms with Gasteiger partial charge in [0.05, 0.1) is 0 Å². The van der Waals surface area contributed by atoms with E-state index in [0.717, 1.165) is 16.9 Å². The summed E-state index contributed by atoms with van der Waals surface area (Å²) in [4.78, 5) is 63.6. The van der Waals surface area contributed by atoms with Crippen LogP contribution in [0.3, 0.4) is 0 Å². The van der Waals surface area contributed by atoms with Crippen LogP contribution in [0.1, 0.15) is 11.3 Å². The van der Waals surface area contributed by atoms with Crippen LogP contribution in [-0.4, -0.2) is 73.7 Å². The molecule has 2 aliphatic heterocycles. The molecule has 3 N–H and O–H groups in total. The number of β-lactam (4-membered cyclic amide) rings is 1. The van der Waals surface area contributed by atoms with Crippen LogP contribution < -0.4 is 10.6 Å². The van der Waals surface area contributed by atoms with E-state index in [1.807, 2.05) is 6.07 Å². The molecule has 0 aromatic carbocycles. The van der Waals surface area contributed by atoms with Crippen molar-refractivity contribution in [3.8, 4) is 12.3 Å². The van der Waals surface area contributed by atoms with E-state index in [-0.39, 0.29) is 28.8 Å². The van der Waals surface area contributed by atoms with E-state index in [1.54, 1.807) is 29.9 Å². The number of aromatic nitrogens is 2. The molecule has 2 aromatic rings. The third-order valence-corrected chi connectivity index (χ3v) is 8.16. The fourth-order valence-corrected chi connectivity index (χ4v) is 6.41. The van der Waals surface area contributed by atoms with Gasteiger partial charge in [0.2, 0.25) is 6.41 Å². The number of hydrogen-bond donors (Lipinski definition) is 3. The van der Waals surface area contributed by atoms with E-state index in [0.29, 0.717) is 17.1 Å². The Hall–Kier alpha value is -4.13. The van der Waals surface area contributed by atoms with E-state index in [4.69, 9.17) is 11.3 Å². The molecule has 0 aliphatic carbocycles. The number of nitrogens with zero attached hydrogens (tertiary/aromatic N) is 4. The number of carboxylic acid groups (broad SMARTS) is 1. The van der Waals surface area contributed by atoms with Gasteiger partial charge in [-0.05, 0) is 23.1 Å². The molecule has 2 aromatic heterocycles. The lowest BCUT2D eigenvalue weighted by Crippen LogP contribution is -2.71. The van der Waals surface area contributed by atoms with Gasteiger partial charge in [-0.2, -0.15) is 0 Å². The Balaban J connectivity index is 1.49. The zero-order valence-electron chi connectivity index (χ0n) is 19.3. The largest absolute Gasteiger partial charge is 0.477 e. The molecule has 2 aliphatic rings. The average Bonchev–Trinajstić information content (AvgIpc) is 3.38. The van der Waals surface area contributed by atoms with E-state index >= 15 is 0 Å². The maximum absolute atomic E-state index is 13.1. The highest BCUT2D eigenvalue weighted by molar-refractivity contribution is 8.08. The number of pyridine rings is 1. The fourth-order valence-electron chi connectivity index (χ4n) is 3.40. The van der Waals surface area contributed by atoms with Crippen molar-refractivity contribution in [2.24, 2.45) is 5.16 Å². The molecule has 4 rings (SSSR count). The van der Waals surface area contributed by atoms with Crippen molar-refractivity contribution < 1.29 is 29.1 Å². The van der Waals surface area contributed by atoms with Gasteiger partial charge in [0.25, 0.3) is 11.8 Å². The first-order valence-corrected chi connectivity index (χ1v) is 13.5. The second kappa shape index (κ2) is 12.4. The lowest BCUT2D eigenvalue weighted by atomic mass is 10.0. The SMILES string of the molecule is C#CCON=C(C(=O)NC1C(=O)N2C(C(=O)O)=C(SC=Cc3cccnc3)CS[C@@H]12)c1csc(NC=O)n1. The van der Waals surface area contributed by atoms with E-state index < -0.39 is 29.2 Å². The normalized spacial score (nSPS) is 18.9. The number of amides is 3. The summed E-state index contributed by atoms with van der Waals surface area (Å²) < 4.78 is 0. The minimum Gasteiger partial charge on any atom is -0.477 e. The number of anilines is 1. The van der Waals surface area contributed by atoms with E-state index in [9.17, 15) is 24.3 Å². The van der Waals surface area contributed by atoms with Crippen molar-refractivity contribution in [3.05, 3.63) is 57.2 Å². The predicted octanol–water partition coefficient (Wildman–Crippen LogP) is 1.56. The first-order valence-electron chi connectivity index (χ1n) is 10.7. The van der Waals surface area contributed by atoms with Gasteiger partial charge in [-0.3, -0.25) is 24.3 Å². The van der Waals surface area contributed by atoms with Crippen molar-refractivity contribution in [2.75, 3.05) is 17.7 Å². The highest BCUT2D eigenvalue weighted by Gasteiger charge is 2.54. The zero-order valence-corrected chi connectivity index (χ0v) is 21.7. The number of terminal acetylenes is 1. The Morgan fingerprint density at radius 2 is 2.29 bits per heavy atom. The van der Waals surface area contributed by atoms with Crippen molar-refractivity contribution in [1.29, 1.82) is 0 Å². The third-order valence-electron chi connectivity index (χ3n) is 5.03. The molecule has 38 heavy (non-hydrogen) atoms. The number of carboxylic acids is 1. The molecular formula is C23H18N6O6S3. The summed E-state index contributed by atoms with van der Waals surface area (Å²) in [5.74, 6) is -0.0521. The lowest BCUT2D eigenvalue weighted by Gasteiger charge is -2.49. The average molecular weight is 571 g/mol. The molecule has 2 atom stereocenters. The van der Waals surface area contributed by atoms with Gasteiger partial charge in [0.1, 0.15) is 22.8 Å². The van der Waals surface area contributed by atoms with Gasteiger partial charge in [0.15, 0.2) is 17.5 Å². The summed E-state index contributed by atoms with van der Waals surface area (Å²) in [6, 6.07) is 2.64. The summed E-state index contributed by atoms with van der Waals surface area (Å²) in [5, 5.41) is 21.4. The summed E-state index contributed by atoms with van der Waals surface area (Å²) in [6.07, 6.45) is 10.7. The van der Waals surface area contributed by atoms with Gasteiger partial charge in [-0.25, -0.2) is 9.78 Å². The molecule has 12 nitrogen and oxygen atoms in total. The maximum atomic E-state index is 13.1. The van der Waals surface area contributed by atoms with Gasteiger partial charge >= 0.3 is 5.97 Å². The molecule has 0 bridgehead atoms. The Kier molecular flexibility index (Phi) is 8.79. The molecule has 1 saturated heterocycles. The molecule has 0 radical (unpaired) electrons. The molecule has 194 valence electrons. The minimum absolute atomic E-state index is 0.0963. The van der Waals surface area contributed by atoms with Crippen LogP contribution in [-0.2, 0) is 24.0 Å². The summed E-state index contributed by atoms with van der Waals surface area (Å²) in [5.41, 5.74) is 0.562. The highest BCUT2D eigenvalue weighted by Crippen LogP contribution is 2.43. The zero-order chi connectivity index (χ0) is 27.1. The molecular weight excluding hydrogens is 552 g/mol. The Bertz CT molecular complexity index is 1380. The van der Waals surface area contributed by atoms with Crippen LogP contribution in [0.25, 0.3) is 6.08 Å². The third kappa shape index (κ3) is 5.88. The Morgan fingerprint density at radius 1 is 1.45 bits per heavy atom. The molecule has 15 heteroatoms. The van der Waals surface area contributed by atoms with Crippen molar-refractivity contribution >= 4 is 76.0 Å². The van der Waals surface area contributed by atoms with Crippen molar-refractivity contribution in [2.45, 2.75) is 11.4 Å². The molecule has 1 fully saturated rings. The van der Waals surface area contributed by atoms with Crippen LogP contribution in [0.5, 0.6) is 0 Å². The van der Waals surface area contributed by atoms with E-state index in [2.05, 4.69) is 31.7 Å². The number of aliphatic carboxylic acids is 1. The second-order valence-electron chi connectivity index (χ2n) is 7.36. The first kappa shape index (κ1) is 26.9. The summed E-state index contributed by atoms with van der Waals surface area (Å²) >= 11 is 3.58. The molecule has 1 unspecified atom stereocenters. The van der Waals surface area contributed by atoms with Crippen molar-refractivity contribution in [3.63, 3.8) is 0 Å². The number of carbonyl (C=O) groups is 4. The summed E-state index contributed by atoms with van der Waals surface area (Å²) in [6.45, 7) is -0.211. The minimum atomic E-state index is -1.24. The van der Waals surface area contributed by atoms with Crippen LogP contribution in [0, 0.1) is 12.3 Å². The van der Waals surface area contributed by atoms with Gasteiger partial charge in [-0.15, -0.1) is 29.5 Å². The van der Waals surface area contributed by atoms with Crippen molar-refractivity contribution in [1.82, 2.24) is 20.2 Å². The highest BCUT2D eigenvalue weighted by atomic mass is 32.2. The summed E-state index contributed by atoms with van der Waals surface area (Å²) in [7, 11) is 0. The molecule has 4 heterocycles. The standard InChI is InChI=1S/C23H18N6O6S3/c1-2-7-35-28-16(14-10-38-23(26-14)25-12-30)19(31)27-17-20(32)29-18(22(33)34)15(11-37-21(17)29)36-8-5-13-4-3-6-24-9-13/h1,3-6,8-10,12,17,21H,7,11H2,(H,27,31)(H,33,34)(H,25,26,30)/t17?,21-/m0/s1. The van der Waals surface area contributed by atoms with Gasteiger partial charge in [0, 0.05) is 28.4 Å². The Labute approximate surface area is 228 Å². The maximum Gasteiger partial charge on any atom is 0.353 e. The van der Waals surface area contributed by atoms with Crippen LogP contribution >= 0.6 is 34.9 Å². The number of oxime groups is 1. The number of thioether (sulfide) groups is 2. The number of fused-ring (bicyclic) bond motifs is 1. The smallest absolute Gasteiger partial charge is 0.353 e. The number of hydrogen-bond acceptors (Lipinski definition) is 11. The van der Waals surface area contributed by atoms with Gasteiger partial charge in [-0.1, -0.05) is 28.9 Å². The molecule has 0 saturated carbocycles. The number of nitrogens with one attached hydrogen (secondary N) is 2. The number of carbonyl (C=O) groups excluding carboxylic acids is 3. The van der Waals surface area contributed by atoms with Gasteiger partial charge < -0.3 is 20.6 Å². The monoisotopic (exact) mass is 570 g/mol. The molecule has 3 amide bonds. The van der Waals surface area contributed by atoms with Crippen LogP contribution in [0.15, 0.2) is 51.1 Å². The predicted molar refractivity (Wildman–Crippen MR) is 144 cm³/mol. The Morgan fingerprint density at radius 3 is 3.00 bits per heavy atom. The van der Waals surface area contributed by atoms with Crippen LogP contribution in [0.2, 0.25) is 0 Å². The molecule has 0 spiro atoms. The quantitative estimate of drug-likeness (QED) is 0.0902. The lowest BCUT2D eigenvalue weighted by molar-refractivity contribution is -0.150. The van der Waals surface area contributed by atoms with Crippen LogP contribution in [0.4, 0.5) is 5.13 Å². The first-order chi connectivity index (χ1) is 18.4. The topological polar surface area (TPSA) is 163 Å². The fraction of sp³-hybridized carbons (Fsp3) is 0.174. The van der Waals surface area contributed by atoms with E-state index in [1.165, 1.54) is 33.8 Å². The second-order valence-corrected chi connectivity index (χ2v) is 10.3. The number of rotatable bonds is 11.